The van der Waals surface area contributed by atoms with Gasteiger partial charge in [0.25, 0.3) is 0 Å². The molecule has 1 saturated heterocycles. The average molecular weight is 389 g/mol. The highest BCUT2D eigenvalue weighted by Crippen LogP contribution is 2.45. The second-order valence-corrected chi connectivity index (χ2v) is 9.58. The maximum Gasteiger partial charge on any atom is 0.335 e. The molecule has 1 fully saturated rings. The molecule has 0 aliphatic carbocycles. The smallest absolute Gasteiger partial charge is 0.335 e. The number of carboxylic acids is 1. The molecule has 1 heterocycles. The lowest BCUT2D eigenvalue weighted by molar-refractivity contribution is -0.0187. The molecule has 3 rings (SSSR count). The van der Waals surface area contributed by atoms with Crippen LogP contribution in [0.4, 0.5) is 0 Å². The van der Waals surface area contributed by atoms with Gasteiger partial charge in [0.1, 0.15) is 0 Å². The zero-order valence-electron chi connectivity index (χ0n) is 15.2. The number of aromatic carboxylic acids is 1. The molecule has 0 spiro atoms. The third kappa shape index (κ3) is 5.05. The summed E-state index contributed by atoms with van der Waals surface area (Å²) in [5.74, 6) is -0.975. The van der Waals surface area contributed by atoms with E-state index in [9.17, 15) is 19.4 Å². The quantitative estimate of drug-likeness (QED) is 0.657. The van der Waals surface area contributed by atoms with E-state index in [2.05, 4.69) is 5.32 Å². The number of hydrogen-bond acceptors (Lipinski definition) is 4. The van der Waals surface area contributed by atoms with E-state index in [-0.39, 0.29) is 24.0 Å². The van der Waals surface area contributed by atoms with Crippen LogP contribution in [0.15, 0.2) is 54.6 Å². The van der Waals surface area contributed by atoms with Crippen LogP contribution in [0.25, 0.3) is 0 Å². The van der Waals surface area contributed by atoms with Gasteiger partial charge in [-0.1, -0.05) is 42.5 Å². The van der Waals surface area contributed by atoms with Gasteiger partial charge in [0.05, 0.1) is 30.0 Å². The summed E-state index contributed by atoms with van der Waals surface area (Å²) < 4.78 is 18.5. The number of carboxylic acid groups (broad SMARTS) is 1. The lowest BCUT2D eigenvalue weighted by Crippen LogP contribution is -2.53. The van der Waals surface area contributed by atoms with Crippen LogP contribution in [-0.4, -0.2) is 41.4 Å². The van der Waals surface area contributed by atoms with Gasteiger partial charge < -0.3 is 20.1 Å². The predicted molar refractivity (Wildman–Crippen MR) is 103 cm³/mol. The minimum absolute atomic E-state index is 0.0835. The van der Waals surface area contributed by atoms with E-state index >= 15 is 0 Å². The highest BCUT2D eigenvalue weighted by atomic mass is 31.2. The number of carbonyl (C=O) groups is 1. The first-order valence-corrected chi connectivity index (χ1v) is 10.9. The highest BCUT2D eigenvalue weighted by molar-refractivity contribution is 7.57. The van der Waals surface area contributed by atoms with Crippen molar-refractivity contribution in [2.24, 2.45) is 0 Å². The molecule has 0 amide bonds. The van der Waals surface area contributed by atoms with Crippen LogP contribution >= 0.6 is 7.37 Å². The minimum atomic E-state index is -3.36. The molecule has 1 aliphatic heterocycles. The molecule has 6 nitrogen and oxygen atoms in total. The second kappa shape index (κ2) is 7.95. The zero-order valence-corrected chi connectivity index (χ0v) is 16.1. The van der Waals surface area contributed by atoms with Crippen LogP contribution in [0.3, 0.4) is 0 Å². The van der Waals surface area contributed by atoms with Crippen molar-refractivity contribution < 1.29 is 24.1 Å². The molecule has 2 aromatic carbocycles. The molecule has 0 saturated carbocycles. The molecule has 7 heteroatoms. The van der Waals surface area contributed by atoms with Gasteiger partial charge in [-0.2, -0.15) is 0 Å². The normalized spacial score (nSPS) is 24.9. The van der Waals surface area contributed by atoms with Crippen molar-refractivity contribution >= 4 is 13.3 Å². The van der Waals surface area contributed by atoms with Crippen molar-refractivity contribution in [1.82, 2.24) is 5.32 Å². The van der Waals surface area contributed by atoms with Crippen molar-refractivity contribution in [1.29, 1.82) is 0 Å². The molecular weight excluding hydrogens is 365 g/mol. The molecule has 3 N–H and O–H groups in total. The molecule has 0 radical (unpaired) electrons. The first-order valence-electron chi connectivity index (χ1n) is 8.83. The molecule has 144 valence electrons. The van der Waals surface area contributed by atoms with Crippen LogP contribution in [0.5, 0.6) is 0 Å². The van der Waals surface area contributed by atoms with Crippen LogP contribution in [0.1, 0.15) is 28.4 Å². The molecule has 0 aromatic heterocycles. The topological polar surface area (TPSA) is 95.9 Å². The monoisotopic (exact) mass is 389 g/mol. The largest absolute Gasteiger partial charge is 0.478 e. The van der Waals surface area contributed by atoms with Gasteiger partial charge >= 0.3 is 5.97 Å². The second-order valence-electron chi connectivity index (χ2n) is 7.20. The summed E-state index contributed by atoms with van der Waals surface area (Å²) in [6.45, 7) is 2.66. The first kappa shape index (κ1) is 19.8. The van der Waals surface area contributed by atoms with E-state index in [0.29, 0.717) is 13.2 Å². The molecule has 2 aromatic rings. The Morgan fingerprint density at radius 1 is 1.26 bits per heavy atom. The lowest BCUT2D eigenvalue weighted by Gasteiger charge is -2.39. The van der Waals surface area contributed by atoms with Crippen LogP contribution in [-0.2, 0) is 21.0 Å². The summed E-state index contributed by atoms with van der Waals surface area (Å²) in [4.78, 5) is 21.5. The standard InChI is InChI=1S/C20H24NO5P/c1-20(17-9-5-8-16(10-17)19(22)23)14-26-18(11-21-20)13-27(24,25)12-15-6-3-2-4-7-15/h2-10,18,21H,11-14H2,1H3,(H,22,23)(H,24,25)/t18-,20+/m1/s1. The van der Waals surface area contributed by atoms with E-state index in [1.165, 1.54) is 0 Å². The van der Waals surface area contributed by atoms with E-state index in [4.69, 9.17) is 4.74 Å². The third-order valence-electron chi connectivity index (χ3n) is 4.84. The Hall–Kier alpha value is -1.98. The minimum Gasteiger partial charge on any atom is -0.478 e. The van der Waals surface area contributed by atoms with E-state index in [0.717, 1.165) is 11.1 Å². The van der Waals surface area contributed by atoms with Gasteiger partial charge in [-0.15, -0.1) is 0 Å². The fourth-order valence-electron chi connectivity index (χ4n) is 3.28. The average Bonchev–Trinajstić information content (AvgIpc) is 2.64. The van der Waals surface area contributed by atoms with Crippen LogP contribution in [0, 0.1) is 0 Å². The van der Waals surface area contributed by atoms with Crippen LogP contribution < -0.4 is 5.32 Å². The number of rotatable bonds is 6. The molecular formula is C20H24NO5P. The number of hydrogen-bond donors (Lipinski definition) is 3. The fraction of sp³-hybridized carbons (Fsp3) is 0.350. The zero-order chi connectivity index (χ0) is 19.5. The van der Waals surface area contributed by atoms with E-state index in [1.807, 2.05) is 43.3 Å². The summed E-state index contributed by atoms with van der Waals surface area (Å²) in [5, 5.41) is 12.5. The van der Waals surface area contributed by atoms with Crippen molar-refractivity contribution in [3.63, 3.8) is 0 Å². The highest BCUT2D eigenvalue weighted by Gasteiger charge is 2.36. The lowest BCUT2D eigenvalue weighted by atomic mass is 9.90. The number of ether oxygens (including phenoxy) is 1. The maximum atomic E-state index is 12.6. The maximum absolute atomic E-state index is 12.6. The summed E-state index contributed by atoms with van der Waals surface area (Å²) in [6, 6.07) is 16.0. The van der Waals surface area contributed by atoms with Gasteiger partial charge in [-0.05, 0) is 30.2 Å². The predicted octanol–water partition coefficient (Wildman–Crippen LogP) is 3.06. The van der Waals surface area contributed by atoms with Crippen molar-refractivity contribution in [3.05, 3.63) is 71.3 Å². The third-order valence-corrected chi connectivity index (χ3v) is 6.67. The number of nitrogens with one attached hydrogen (secondary N) is 1. The Morgan fingerprint density at radius 3 is 2.63 bits per heavy atom. The van der Waals surface area contributed by atoms with Crippen molar-refractivity contribution in [2.75, 3.05) is 19.3 Å². The SMILES string of the molecule is C[C@@]1(c2cccc(C(=O)O)c2)CO[C@@H](CP(=O)(O)Cc2ccccc2)CN1. The molecule has 1 aliphatic rings. The summed E-state index contributed by atoms with van der Waals surface area (Å²) in [7, 11) is -3.36. The number of benzene rings is 2. The Morgan fingerprint density at radius 2 is 2.00 bits per heavy atom. The Labute approximate surface area is 158 Å². The van der Waals surface area contributed by atoms with Crippen molar-refractivity contribution in [3.8, 4) is 0 Å². The first-order chi connectivity index (χ1) is 12.8. The van der Waals surface area contributed by atoms with Gasteiger partial charge in [0.15, 0.2) is 0 Å². The van der Waals surface area contributed by atoms with E-state index in [1.54, 1.807) is 18.2 Å². The van der Waals surface area contributed by atoms with Gasteiger partial charge in [-0.25, -0.2) is 4.79 Å². The Kier molecular flexibility index (Phi) is 5.82. The van der Waals surface area contributed by atoms with Gasteiger partial charge in [0, 0.05) is 12.7 Å². The summed E-state index contributed by atoms with van der Waals surface area (Å²) >= 11 is 0. The molecule has 1 unspecified atom stereocenters. The molecule has 27 heavy (non-hydrogen) atoms. The van der Waals surface area contributed by atoms with Gasteiger partial charge in [0.2, 0.25) is 7.37 Å². The van der Waals surface area contributed by atoms with E-state index < -0.39 is 18.9 Å². The van der Waals surface area contributed by atoms with Gasteiger partial charge in [-0.3, -0.25) is 4.57 Å². The van der Waals surface area contributed by atoms with Crippen LogP contribution in [0.2, 0.25) is 0 Å². The van der Waals surface area contributed by atoms with Crippen molar-refractivity contribution in [2.45, 2.75) is 24.7 Å². The fourth-order valence-corrected chi connectivity index (χ4v) is 5.06. The Bertz CT molecular complexity index is 846. The molecule has 0 bridgehead atoms. The summed E-state index contributed by atoms with van der Waals surface area (Å²) in [6.07, 6.45) is -0.147. The molecule has 3 atom stereocenters. The number of morpholine rings is 1. The summed E-state index contributed by atoms with van der Waals surface area (Å²) in [5.41, 5.74) is 1.33. The Balaban J connectivity index is 1.62.